The van der Waals surface area contributed by atoms with E-state index in [1.54, 1.807) is 0 Å². The van der Waals surface area contributed by atoms with Crippen molar-refractivity contribution in [3.8, 4) is 0 Å². The molecule has 1 fully saturated rings. The highest BCUT2D eigenvalue weighted by atomic mass is 16.2. The Morgan fingerprint density at radius 2 is 1.94 bits per heavy atom. The van der Waals surface area contributed by atoms with Crippen molar-refractivity contribution in [1.82, 2.24) is 5.32 Å². The van der Waals surface area contributed by atoms with Crippen LogP contribution in [0.15, 0.2) is 0 Å². The molecular formula is C15H31NO. The molecule has 2 N–H and O–H groups in total. The molecule has 0 aliphatic heterocycles. The molecule has 0 amide bonds. The maximum absolute atomic E-state index is 8.85. The highest BCUT2D eigenvalue weighted by Gasteiger charge is 2.27. The van der Waals surface area contributed by atoms with Gasteiger partial charge in [-0.2, -0.15) is 0 Å². The van der Waals surface area contributed by atoms with Gasteiger partial charge in [0.2, 0.25) is 0 Å². The minimum absolute atomic E-state index is 0.327. The standard InChI is InChI=1S/C15H31NO/c1-12(2)9-10-14-7-4-8-15(14)16-13(3)6-5-11-17/h12-17H,4-11H2,1-3H3. The van der Waals surface area contributed by atoms with Crippen LogP contribution in [-0.4, -0.2) is 23.8 Å². The number of rotatable bonds is 8. The highest BCUT2D eigenvalue weighted by Crippen LogP contribution is 2.31. The SMILES string of the molecule is CC(C)CCC1CCCC1NC(C)CCCO. The molecule has 2 nitrogen and oxygen atoms in total. The zero-order valence-corrected chi connectivity index (χ0v) is 11.9. The predicted molar refractivity (Wildman–Crippen MR) is 74.1 cm³/mol. The van der Waals surface area contributed by atoms with Crippen molar-refractivity contribution in [1.29, 1.82) is 0 Å². The minimum atomic E-state index is 0.327. The van der Waals surface area contributed by atoms with Crippen molar-refractivity contribution in [2.75, 3.05) is 6.61 Å². The summed E-state index contributed by atoms with van der Waals surface area (Å²) in [6.45, 7) is 7.23. The molecule has 0 aromatic carbocycles. The maximum atomic E-state index is 8.85. The van der Waals surface area contributed by atoms with Crippen LogP contribution in [0.1, 0.15) is 65.7 Å². The Balaban J connectivity index is 2.25. The van der Waals surface area contributed by atoms with Gasteiger partial charge in [-0.25, -0.2) is 0 Å². The molecular weight excluding hydrogens is 210 g/mol. The molecule has 1 aliphatic rings. The second-order valence-electron chi connectivity index (χ2n) is 6.20. The lowest BCUT2D eigenvalue weighted by atomic mass is 9.93. The van der Waals surface area contributed by atoms with Crippen molar-refractivity contribution in [3.05, 3.63) is 0 Å². The predicted octanol–water partition coefficient (Wildman–Crippen LogP) is 3.34. The van der Waals surface area contributed by atoms with Crippen LogP contribution in [0.4, 0.5) is 0 Å². The fourth-order valence-electron chi connectivity index (χ4n) is 3.00. The van der Waals surface area contributed by atoms with Gasteiger partial charge in [0, 0.05) is 18.7 Å². The third-order valence-electron chi connectivity index (χ3n) is 4.07. The monoisotopic (exact) mass is 241 g/mol. The van der Waals surface area contributed by atoms with Crippen LogP contribution >= 0.6 is 0 Å². The third-order valence-corrected chi connectivity index (χ3v) is 4.07. The molecule has 0 heterocycles. The summed E-state index contributed by atoms with van der Waals surface area (Å²) < 4.78 is 0. The van der Waals surface area contributed by atoms with E-state index in [2.05, 4.69) is 26.1 Å². The molecule has 1 saturated carbocycles. The molecule has 0 radical (unpaired) electrons. The molecule has 3 atom stereocenters. The fraction of sp³-hybridized carbons (Fsp3) is 1.00. The molecule has 1 rings (SSSR count). The first-order valence-corrected chi connectivity index (χ1v) is 7.50. The summed E-state index contributed by atoms with van der Waals surface area (Å²) in [4.78, 5) is 0. The Morgan fingerprint density at radius 3 is 2.59 bits per heavy atom. The van der Waals surface area contributed by atoms with Crippen molar-refractivity contribution in [3.63, 3.8) is 0 Å². The Morgan fingerprint density at radius 1 is 1.18 bits per heavy atom. The Hall–Kier alpha value is -0.0800. The average molecular weight is 241 g/mol. The van der Waals surface area contributed by atoms with Crippen molar-refractivity contribution >= 4 is 0 Å². The molecule has 3 unspecified atom stereocenters. The van der Waals surface area contributed by atoms with E-state index in [9.17, 15) is 0 Å². The maximum Gasteiger partial charge on any atom is 0.0431 e. The molecule has 1 aliphatic carbocycles. The highest BCUT2D eigenvalue weighted by molar-refractivity contribution is 4.85. The minimum Gasteiger partial charge on any atom is -0.396 e. The normalized spacial score (nSPS) is 26.6. The van der Waals surface area contributed by atoms with Crippen molar-refractivity contribution < 1.29 is 5.11 Å². The van der Waals surface area contributed by atoms with Gasteiger partial charge in [-0.05, 0) is 50.9 Å². The van der Waals surface area contributed by atoms with Crippen LogP contribution in [0, 0.1) is 11.8 Å². The van der Waals surface area contributed by atoms with Gasteiger partial charge in [0.15, 0.2) is 0 Å². The lowest BCUT2D eigenvalue weighted by Crippen LogP contribution is -2.39. The van der Waals surface area contributed by atoms with E-state index in [4.69, 9.17) is 5.11 Å². The smallest absolute Gasteiger partial charge is 0.0431 e. The van der Waals surface area contributed by atoms with Crippen LogP contribution in [0.3, 0.4) is 0 Å². The number of hydrogen-bond acceptors (Lipinski definition) is 2. The van der Waals surface area contributed by atoms with Crippen LogP contribution in [-0.2, 0) is 0 Å². The molecule has 0 saturated heterocycles. The second-order valence-corrected chi connectivity index (χ2v) is 6.20. The summed E-state index contributed by atoms with van der Waals surface area (Å²) in [5.74, 6) is 1.73. The molecule has 102 valence electrons. The Labute approximate surface area is 107 Å². The van der Waals surface area contributed by atoms with Gasteiger partial charge in [0.25, 0.3) is 0 Å². The van der Waals surface area contributed by atoms with Crippen molar-refractivity contribution in [2.45, 2.75) is 77.8 Å². The quantitative estimate of drug-likeness (QED) is 0.683. The third kappa shape index (κ3) is 5.87. The van der Waals surface area contributed by atoms with Gasteiger partial charge in [-0.1, -0.05) is 26.7 Å². The summed E-state index contributed by atoms with van der Waals surface area (Å²) in [6, 6.07) is 1.30. The lowest BCUT2D eigenvalue weighted by Gasteiger charge is -2.25. The molecule has 0 spiro atoms. The molecule has 2 heteroatoms. The first kappa shape index (κ1) is 15.0. The summed E-state index contributed by atoms with van der Waals surface area (Å²) in [5, 5.41) is 12.6. The van der Waals surface area contributed by atoms with Crippen LogP contribution in [0.5, 0.6) is 0 Å². The Bertz CT molecular complexity index is 193. The van der Waals surface area contributed by atoms with Gasteiger partial charge in [-0.3, -0.25) is 0 Å². The number of aliphatic hydroxyl groups is 1. The van der Waals surface area contributed by atoms with E-state index in [0.717, 1.165) is 30.7 Å². The lowest BCUT2D eigenvalue weighted by molar-refractivity contribution is 0.266. The number of nitrogens with one attached hydrogen (secondary N) is 1. The number of hydrogen-bond donors (Lipinski definition) is 2. The van der Waals surface area contributed by atoms with Crippen LogP contribution in [0.2, 0.25) is 0 Å². The van der Waals surface area contributed by atoms with Gasteiger partial charge >= 0.3 is 0 Å². The summed E-state index contributed by atoms with van der Waals surface area (Å²) in [7, 11) is 0. The second kappa shape index (κ2) is 8.10. The van der Waals surface area contributed by atoms with Gasteiger partial charge in [-0.15, -0.1) is 0 Å². The first-order valence-electron chi connectivity index (χ1n) is 7.50. The topological polar surface area (TPSA) is 32.3 Å². The molecule has 0 aromatic rings. The summed E-state index contributed by atoms with van der Waals surface area (Å²) >= 11 is 0. The zero-order valence-electron chi connectivity index (χ0n) is 11.9. The van der Waals surface area contributed by atoms with E-state index in [1.807, 2.05) is 0 Å². The Kier molecular flexibility index (Phi) is 7.14. The van der Waals surface area contributed by atoms with E-state index >= 15 is 0 Å². The zero-order chi connectivity index (χ0) is 12.7. The fourth-order valence-corrected chi connectivity index (χ4v) is 3.00. The van der Waals surface area contributed by atoms with E-state index in [1.165, 1.54) is 32.1 Å². The molecule has 17 heavy (non-hydrogen) atoms. The van der Waals surface area contributed by atoms with Gasteiger partial charge in [0.1, 0.15) is 0 Å². The average Bonchev–Trinajstić information content (AvgIpc) is 2.71. The van der Waals surface area contributed by atoms with Crippen molar-refractivity contribution in [2.24, 2.45) is 11.8 Å². The molecule has 0 aromatic heterocycles. The van der Waals surface area contributed by atoms with E-state index in [0.29, 0.717) is 12.6 Å². The summed E-state index contributed by atoms with van der Waals surface area (Å²) in [6.07, 6.45) is 8.95. The first-order chi connectivity index (χ1) is 8.13. The summed E-state index contributed by atoms with van der Waals surface area (Å²) in [5.41, 5.74) is 0. The van der Waals surface area contributed by atoms with E-state index < -0.39 is 0 Å². The van der Waals surface area contributed by atoms with Gasteiger partial charge in [0.05, 0.1) is 0 Å². The van der Waals surface area contributed by atoms with Crippen LogP contribution in [0.25, 0.3) is 0 Å². The van der Waals surface area contributed by atoms with E-state index in [-0.39, 0.29) is 0 Å². The van der Waals surface area contributed by atoms with Gasteiger partial charge < -0.3 is 10.4 Å². The molecule has 0 bridgehead atoms. The number of aliphatic hydroxyl groups excluding tert-OH is 1. The van der Waals surface area contributed by atoms with Crippen LogP contribution < -0.4 is 5.32 Å². The largest absolute Gasteiger partial charge is 0.396 e.